The number of halogens is 1. The zero-order chi connectivity index (χ0) is 21.0. The third kappa shape index (κ3) is 5.44. The molecule has 2 aromatic carbocycles. The molecule has 2 aromatic rings. The normalized spacial score (nSPS) is 15.8. The molecule has 0 radical (unpaired) electrons. The van der Waals surface area contributed by atoms with Gasteiger partial charge in [-0.3, -0.25) is 9.59 Å². The molecule has 0 spiro atoms. The zero-order valence-corrected chi connectivity index (χ0v) is 17.7. The van der Waals surface area contributed by atoms with E-state index in [4.69, 9.17) is 11.6 Å². The Labute approximate surface area is 175 Å². The number of carbonyl (C=O) groups is 2. The van der Waals surface area contributed by atoms with Gasteiger partial charge >= 0.3 is 0 Å². The van der Waals surface area contributed by atoms with E-state index in [1.165, 1.54) is 11.2 Å². The quantitative estimate of drug-likeness (QED) is 0.702. The lowest BCUT2D eigenvalue weighted by Gasteiger charge is -2.30. The number of benzene rings is 2. The number of nitrogens with one attached hydrogen (secondary N) is 1. The summed E-state index contributed by atoms with van der Waals surface area (Å²) < 4.78 is 26.8. The van der Waals surface area contributed by atoms with E-state index in [1.54, 1.807) is 48.5 Å². The van der Waals surface area contributed by atoms with Crippen LogP contribution in [0.25, 0.3) is 0 Å². The third-order valence-corrected chi connectivity index (χ3v) is 7.25. The van der Waals surface area contributed by atoms with Gasteiger partial charge in [0.15, 0.2) is 5.78 Å². The number of amides is 1. The monoisotopic (exact) mass is 434 g/mol. The molecule has 1 heterocycles. The maximum atomic E-state index is 12.7. The second-order valence-corrected chi connectivity index (χ2v) is 9.52. The van der Waals surface area contributed by atoms with Crippen molar-refractivity contribution in [2.24, 2.45) is 5.92 Å². The van der Waals surface area contributed by atoms with Gasteiger partial charge in [0.25, 0.3) is 0 Å². The van der Waals surface area contributed by atoms with E-state index in [1.807, 2.05) is 0 Å². The molecule has 1 aliphatic heterocycles. The lowest BCUT2D eigenvalue weighted by atomic mass is 9.97. The Balaban J connectivity index is 1.58. The fourth-order valence-corrected chi connectivity index (χ4v) is 5.24. The molecule has 8 heteroatoms. The Morgan fingerprint density at radius 1 is 1.10 bits per heavy atom. The predicted octanol–water partition coefficient (Wildman–Crippen LogP) is 3.72. The highest BCUT2D eigenvalue weighted by Gasteiger charge is 2.31. The Bertz CT molecular complexity index is 1010. The second kappa shape index (κ2) is 9.07. The minimum absolute atomic E-state index is 0.0712. The number of Topliss-reactive ketones (excluding diaryl/α,β-unsaturated/α-hetero) is 1. The minimum Gasteiger partial charge on any atom is -0.326 e. The Kier molecular flexibility index (Phi) is 6.72. The number of carbonyl (C=O) groups excluding carboxylic acids is 2. The van der Waals surface area contributed by atoms with Crippen LogP contribution in [0.5, 0.6) is 0 Å². The lowest BCUT2D eigenvalue weighted by molar-refractivity contribution is -0.120. The van der Waals surface area contributed by atoms with Gasteiger partial charge in [-0.1, -0.05) is 41.9 Å². The van der Waals surface area contributed by atoms with Gasteiger partial charge in [-0.25, -0.2) is 12.7 Å². The van der Waals surface area contributed by atoms with E-state index < -0.39 is 10.0 Å². The van der Waals surface area contributed by atoms with Crippen molar-refractivity contribution in [3.63, 3.8) is 0 Å². The predicted molar refractivity (Wildman–Crippen MR) is 113 cm³/mol. The number of hydrogen-bond donors (Lipinski definition) is 1. The third-order valence-electron chi connectivity index (χ3n) is 5.05. The average molecular weight is 435 g/mol. The smallest absolute Gasteiger partial charge is 0.227 e. The fourth-order valence-electron chi connectivity index (χ4n) is 3.36. The van der Waals surface area contributed by atoms with E-state index in [-0.39, 0.29) is 23.4 Å². The van der Waals surface area contributed by atoms with Crippen molar-refractivity contribution in [2.45, 2.75) is 25.5 Å². The Hall–Kier alpha value is -2.22. The zero-order valence-electron chi connectivity index (χ0n) is 16.1. The molecule has 0 aliphatic carbocycles. The molecule has 6 nitrogen and oxygen atoms in total. The standard InChI is InChI=1S/C21H23ClN2O4S/c1-15(25)17-6-4-7-19(13-17)23-21(26)16-9-11-24(12-10-16)29(27,28)14-18-5-2-3-8-20(18)22/h2-8,13,16H,9-12,14H2,1H3,(H,23,26). The fraction of sp³-hybridized carbons (Fsp3) is 0.333. The van der Waals surface area contributed by atoms with Crippen molar-refractivity contribution in [3.8, 4) is 0 Å². The largest absolute Gasteiger partial charge is 0.326 e. The molecule has 0 aromatic heterocycles. The summed E-state index contributed by atoms with van der Waals surface area (Å²) in [6, 6.07) is 13.7. The van der Waals surface area contributed by atoms with Gasteiger partial charge in [0.05, 0.1) is 5.75 Å². The maximum absolute atomic E-state index is 12.7. The Morgan fingerprint density at radius 2 is 1.79 bits per heavy atom. The van der Waals surface area contributed by atoms with Crippen LogP contribution < -0.4 is 5.32 Å². The molecule has 3 rings (SSSR count). The van der Waals surface area contributed by atoms with Gasteiger partial charge in [0.2, 0.25) is 15.9 Å². The molecule has 0 bridgehead atoms. The summed E-state index contributed by atoms with van der Waals surface area (Å²) in [6.45, 7) is 2.05. The number of nitrogens with zero attached hydrogens (tertiary/aromatic N) is 1. The molecule has 154 valence electrons. The topological polar surface area (TPSA) is 83.6 Å². The summed E-state index contributed by atoms with van der Waals surface area (Å²) in [5.41, 5.74) is 1.67. The lowest BCUT2D eigenvalue weighted by Crippen LogP contribution is -2.41. The molecule has 29 heavy (non-hydrogen) atoms. The number of rotatable bonds is 6. The SMILES string of the molecule is CC(=O)c1cccc(NC(=O)C2CCN(S(=O)(=O)Cc3ccccc3Cl)CC2)c1. The van der Waals surface area contributed by atoms with Crippen LogP contribution in [0.2, 0.25) is 5.02 Å². The highest BCUT2D eigenvalue weighted by molar-refractivity contribution is 7.88. The summed E-state index contributed by atoms with van der Waals surface area (Å²) in [7, 11) is -3.50. The molecular weight excluding hydrogens is 412 g/mol. The molecule has 0 atom stereocenters. The van der Waals surface area contributed by atoms with Crippen LogP contribution in [-0.2, 0) is 20.6 Å². The number of anilines is 1. The number of piperidine rings is 1. The Morgan fingerprint density at radius 3 is 2.45 bits per heavy atom. The van der Waals surface area contributed by atoms with Crippen LogP contribution in [0, 0.1) is 5.92 Å². The van der Waals surface area contributed by atoms with E-state index in [0.29, 0.717) is 47.8 Å². The van der Waals surface area contributed by atoms with Crippen molar-refractivity contribution >= 4 is 39.0 Å². The van der Waals surface area contributed by atoms with E-state index in [0.717, 1.165) is 0 Å². The van der Waals surface area contributed by atoms with Crippen molar-refractivity contribution in [3.05, 3.63) is 64.7 Å². The number of sulfonamides is 1. The first-order chi connectivity index (χ1) is 13.8. The molecule has 0 unspecified atom stereocenters. The van der Waals surface area contributed by atoms with Gasteiger partial charge in [-0.2, -0.15) is 0 Å². The molecule has 1 saturated heterocycles. The van der Waals surface area contributed by atoms with Crippen LogP contribution in [0.3, 0.4) is 0 Å². The van der Waals surface area contributed by atoms with Gasteiger partial charge in [0, 0.05) is 35.3 Å². The highest BCUT2D eigenvalue weighted by Crippen LogP contribution is 2.25. The first kappa shape index (κ1) is 21.5. The van der Waals surface area contributed by atoms with Crippen LogP contribution in [-0.4, -0.2) is 37.5 Å². The second-order valence-electron chi connectivity index (χ2n) is 7.15. The van der Waals surface area contributed by atoms with E-state index >= 15 is 0 Å². The first-order valence-corrected chi connectivity index (χ1v) is 11.4. The summed E-state index contributed by atoms with van der Waals surface area (Å²) >= 11 is 6.08. The van der Waals surface area contributed by atoms with Crippen LogP contribution in [0.1, 0.15) is 35.7 Å². The number of hydrogen-bond acceptors (Lipinski definition) is 4. The highest BCUT2D eigenvalue weighted by atomic mass is 35.5. The van der Waals surface area contributed by atoms with Crippen molar-refractivity contribution in [1.29, 1.82) is 0 Å². The molecular formula is C21H23ClN2O4S. The molecule has 0 saturated carbocycles. The summed E-state index contributed by atoms with van der Waals surface area (Å²) in [5.74, 6) is -0.656. The van der Waals surface area contributed by atoms with Crippen LogP contribution in [0.15, 0.2) is 48.5 Å². The average Bonchev–Trinajstić information content (AvgIpc) is 2.70. The van der Waals surface area contributed by atoms with Crippen molar-refractivity contribution in [2.75, 3.05) is 18.4 Å². The molecule has 1 aliphatic rings. The van der Waals surface area contributed by atoms with E-state index in [2.05, 4.69) is 5.32 Å². The first-order valence-electron chi connectivity index (χ1n) is 9.39. The van der Waals surface area contributed by atoms with Gasteiger partial charge in [-0.05, 0) is 43.5 Å². The van der Waals surface area contributed by atoms with Gasteiger partial charge < -0.3 is 5.32 Å². The summed E-state index contributed by atoms with van der Waals surface area (Å²) in [4.78, 5) is 24.0. The van der Waals surface area contributed by atoms with E-state index in [9.17, 15) is 18.0 Å². The number of ketones is 1. The van der Waals surface area contributed by atoms with Crippen LogP contribution in [0.4, 0.5) is 5.69 Å². The summed E-state index contributed by atoms with van der Waals surface area (Å²) in [6.07, 6.45) is 0.889. The molecule has 1 fully saturated rings. The maximum Gasteiger partial charge on any atom is 0.227 e. The van der Waals surface area contributed by atoms with Gasteiger partial charge in [0.1, 0.15) is 0 Å². The minimum atomic E-state index is -3.50. The molecule has 1 amide bonds. The molecule has 1 N–H and O–H groups in total. The van der Waals surface area contributed by atoms with Gasteiger partial charge in [-0.15, -0.1) is 0 Å². The van der Waals surface area contributed by atoms with Crippen LogP contribution >= 0.6 is 11.6 Å². The van der Waals surface area contributed by atoms with Crippen molar-refractivity contribution < 1.29 is 18.0 Å². The van der Waals surface area contributed by atoms with Crippen molar-refractivity contribution in [1.82, 2.24) is 4.31 Å². The summed E-state index contributed by atoms with van der Waals surface area (Å²) in [5, 5.41) is 3.26.